The first-order valence-corrected chi connectivity index (χ1v) is 8.06. The number of aromatic nitrogens is 3. The van der Waals surface area contributed by atoms with Crippen LogP contribution in [0.5, 0.6) is 5.75 Å². The first-order chi connectivity index (χ1) is 9.99. The Morgan fingerprint density at radius 2 is 2.00 bits per heavy atom. The molecule has 3 rings (SSSR count). The smallest absolute Gasteiger partial charge is 0.175 e. The SMILES string of the molecule is COc1cc(S(C)(=O)=O)ccc1-c1nc2ccncc2[nH]1.Cl. The molecule has 0 radical (unpaired) electrons. The molecule has 0 fully saturated rings. The average Bonchev–Trinajstić information content (AvgIpc) is 2.89. The highest BCUT2D eigenvalue weighted by molar-refractivity contribution is 7.90. The molecule has 0 bridgehead atoms. The normalized spacial score (nSPS) is 11.2. The number of halogens is 1. The van der Waals surface area contributed by atoms with Crippen molar-refractivity contribution in [3.8, 4) is 17.1 Å². The number of fused-ring (bicyclic) bond motifs is 1. The summed E-state index contributed by atoms with van der Waals surface area (Å²) in [6, 6.07) is 6.52. The summed E-state index contributed by atoms with van der Waals surface area (Å²) in [5.74, 6) is 1.06. The van der Waals surface area contributed by atoms with Crippen LogP contribution in [-0.2, 0) is 9.84 Å². The Morgan fingerprint density at radius 1 is 1.23 bits per heavy atom. The van der Waals surface area contributed by atoms with Gasteiger partial charge in [0.15, 0.2) is 9.84 Å². The summed E-state index contributed by atoms with van der Waals surface area (Å²) in [4.78, 5) is 11.8. The van der Waals surface area contributed by atoms with E-state index in [-0.39, 0.29) is 17.3 Å². The maximum Gasteiger partial charge on any atom is 0.175 e. The van der Waals surface area contributed by atoms with Gasteiger partial charge in [-0.1, -0.05) is 0 Å². The number of pyridine rings is 1. The van der Waals surface area contributed by atoms with E-state index < -0.39 is 9.84 Å². The van der Waals surface area contributed by atoms with Crippen molar-refractivity contribution in [3.63, 3.8) is 0 Å². The van der Waals surface area contributed by atoms with E-state index in [2.05, 4.69) is 15.0 Å². The largest absolute Gasteiger partial charge is 0.496 e. The summed E-state index contributed by atoms with van der Waals surface area (Å²) in [6.45, 7) is 0. The van der Waals surface area contributed by atoms with Gasteiger partial charge >= 0.3 is 0 Å². The van der Waals surface area contributed by atoms with Crippen molar-refractivity contribution in [2.75, 3.05) is 13.4 Å². The molecule has 22 heavy (non-hydrogen) atoms. The molecule has 0 saturated carbocycles. The van der Waals surface area contributed by atoms with Crippen LogP contribution >= 0.6 is 12.4 Å². The third kappa shape index (κ3) is 2.90. The first-order valence-electron chi connectivity index (χ1n) is 6.17. The second kappa shape index (κ2) is 5.94. The third-order valence-electron chi connectivity index (χ3n) is 3.14. The molecule has 0 unspecified atom stereocenters. The van der Waals surface area contributed by atoms with Gasteiger partial charge in [-0.25, -0.2) is 13.4 Å². The molecule has 0 aliphatic rings. The standard InChI is InChI=1S/C14H13N3O3S.ClH/c1-20-13-7-9(21(2,18)19)3-4-10(13)14-16-11-5-6-15-8-12(11)17-14;/h3-8H,1-2H3,(H,16,17);1H. The third-order valence-corrected chi connectivity index (χ3v) is 4.25. The van der Waals surface area contributed by atoms with Crippen molar-refractivity contribution in [1.29, 1.82) is 0 Å². The maximum atomic E-state index is 11.6. The minimum Gasteiger partial charge on any atom is -0.496 e. The zero-order valence-electron chi connectivity index (χ0n) is 11.9. The highest BCUT2D eigenvalue weighted by Gasteiger charge is 2.15. The number of ether oxygens (including phenoxy) is 1. The van der Waals surface area contributed by atoms with Crippen LogP contribution in [0.15, 0.2) is 41.6 Å². The second-order valence-electron chi connectivity index (χ2n) is 4.61. The Hall–Kier alpha value is -2.12. The Morgan fingerprint density at radius 3 is 2.64 bits per heavy atom. The highest BCUT2D eigenvalue weighted by atomic mass is 35.5. The number of nitrogens with one attached hydrogen (secondary N) is 1. The number of benzene rings is 1. The Labute approximate surface area is 133 Å². The molecular weight excluding hydrogens is 326 g/mol. The van der Waals surface area contributed by atoms with E-state index >= 15 is 0 Å². The molecule has 116 valence electrons. The van der Waals surface area contributed by atoms with Gasteiger partial charge in [-0.3, -0.25) is 4.98 Å². The van der Waals surface area contributed by atoms with Gasteiger partial charge in [0.2, 0.25) is 0 Å². The van der Waals surface area contributed by atoms with Crippen LogP contribution < -0.4 is 4.74 Å². The lowest BCUT2D eigenvalue weighted by atomic mass is 10.2. The lowest BCUT2D eigenvalue weighted by Crippen LogP contribution is -1.99. The number of rotatable bonds is 3. The molecule has 2 heterocycles. The van der Waals surface area contributed by atoms with Gasteiger partial charge in [0, 0.05) is 12.5 Å². The van der Waals surface area contributed by atoms with Crippen LogP contribution in [0.25, 0.3) is 22.4 Å². The summed E-state index contributed by atoms with van der Waals surface area (Å²) >= 11 is 0. The van der Waals surface area contributed by atoms with Crippen LogP contribution in [0, 0.1) is 0 Å². The quantitative estimate of drug-likeness (QED) is 0.792. The van der Waals surface area contributed by atoms with Gasteiger partial charge in [0.25, 0.3) is 0 Å². The number of sulfone groups is 1. The number of imidazole rings is 1. The van der Waals surface area contributed by atoms with Crippen LogP contribution in [0.3, 0.4) is 0 Å². The summed E-state index contributed by atoms with van der Waals surface area (Å²) in [6.07, 6.45) is 4.51. The van der Waals surface area contributed by atoms with Gasteiger partial charge < -0.3 is 9.72 Å². The minimum atomic E-state index is -3.28. The molecule has 0 amide bonds. The van der Waals surface area contributed by atoms with Gasteiger partial charge in [0.1, 0.15) is 11.6 Å². The van der Waals surface area contributed by atoms with E-state index in [0.29, 0.717) is 17.1 Å². The average molecular weight is 340 g/mol. The van der Waals surface area contributed by atoms with Crippen LogP contribution in [0.4, 0.5) is 0 Å². The molecule has 2 aromatic heterocycles. The molecule has 1 aromatic carbocycles. The minimum absolute atomic E-state index is 0. The molecule has 8 heteroatoms. The Bertz CT molecular complexity index is 889. The van der Waals surface area contributed by atoms with E-state index in [0.717, 1.165) is 17.3 Å². The number of methoxy groups -OCH3 is 1. The van der Waals surface area contributed by atoms with Crippen molar-refractivity contribution in [3.05, 3.63) is 36.7 Å². The zero-order valence-corrected chi connectivity index (χ0v) is 13.5. The van der Waals surface area contributed by atoms with Gasteiger partial charge in [-0.15, -0.1) is 12.4 Å². The summed E-state index contributed by atoms with van der Waals surface area (Å²) in [5, 5.41) is 0. The maximum absolute atomic E-state index is 11.6. The van der Waals surface area contributed by atoms with Gasteiger partial charge in [-0.2, -0.15) is 0 Å². The molecule has 0 atom stereocenters. The Balaban J connectivity index is 0.00000176. The van der Waals surface area contributed by atoms with E-state index in [4.69, 9.17) is 4.74 Å². The first kappa shape index (κ1) is 16.3. The van der Waals surface area contributed by atoms with Crippen molar-refractivity contribution in [1.82, 2.24) is 15.0 Å². The fourth-order valence-electron chi connectivity index (χ4n) is 2.08. The van der Waals surface area contributed by atoms with Gasteiger partial charge in [0.05, 0.1) is 34.8 Å². The molecule has 0 aliphatic carbocycles. The van der Waals surface area contributed by atoms with E-state index in [9.17, 15) is 8.42 Å². The highest BCUT2D eigenvalue weighted by Crippen LogP contribution is 2.31. The summed E-state index contributed by atoms with van der Waals surface area (Å²) < 4.78 is 28.5. The van der Waals surface area contributed by atoms with Crippen LogP contribution in [0.2, 0.25) is 0 Å². The number of nitrogens with zero attached hydrogens (tertiary/aromatic N) is 2. The number of H-pyrrole nitrogens is 1. The summed E-state index contributed by atoms with van der Waals surface area (Å²) in [7, 11) is -1.78. The molecule has 1 N–H and O–H groups in total. The molecule has 6 nitrogen and oxygen atoms in total. The van der Waals surface area contributed by atoms with E-state index in [1.54, 1.807) is 30.6 Å². The molecule has 0 spiro atoms. The Kier molecular flexibility index (Phi) is 4.39. The van der Waals surface area contributed by atoms with Crippen LogP contribution in [-0.4, -0.2) is 36.7 Å². The zero-order chi connectivity index (χ0) is 15.0. The van der Waals surface area contributed by atoms with Crippen molar-refractivity contribution >= 4 is 33.3 Å². The molecule has 0 aliphatic heterocycles. The fourth-order valence-corrected chi connectivity index (χ4v) is 2.72. The monoisotopic (exact) mass is 339 g/mol. The topological polar surface area (TPSA) is 84.9 Å². The van der Waals surface area contributed by atoms with Gasteiger partial charge in [-0.05, 0) is 24.3 Å². The fraction of sp³-hybridized carbons (Fsp3) is 0.143. The predicted octanol–water partition coefficient (Wildman–Crippen LogP) is 2.46. The number of aromatic amines is 1. The molecular formula is C14H14ClN3O3S. The number of hydrogen-bond acceptors (Lipinski definition) is 5. The molecule has 0 saturated heterocycles. The summed E-state index contributed by atoms with van der Waals surface area (Å²) in [5.41, 5.74) is 2.29. The van der Waals surface area contributed by atoms with Crippen molar-refractivity contribution in [2.45, 2.75) is 4.90 Å². The van der Waals surface area contributed by atoms with E-state index in [1.807, 2.05) is 0 Å². The lowest BCUT2D eigenvalue weighted by molar-refractivity contribution is 0.415. The second-order valence-corrected chi connectivity index (χ2v) is 6.63. The molecule has 3 aromatic rings. The van der Waals surface area contributed by atoms with Crippen molar-refractivity contribution < 1.29 is 13.2 Å². The predicted molar refractivity (Wildman–Crippen MR) is 86.2 cm³/mol. The van der Waals surface area contributed by atoms with Crippen LogP contribution in [0.1, 0.15) is 0 Å². The lowest BCUT2D eigenvalue weighted by Gasteiger charge is -2.08. The van der Waals surface area contributed by atoms with E-state index in [1.165, 1.54) is 13.2 Å². The number of hydrogen-bond donors (Lipinski definition) is 1. The van der Waals surface area contributed by atoms with Crippen molar-refractivity contribution in [2.24, 2.45) is 0 Å².